The summed E-state index contributed by atoms with van der Waals surface area (Å²) in [6.07, 6.45) is 0.667. The molecule has 1 unspecified atom stereocenters. The van der Waals surface area contributed by atoms with E-state index in [2.05, 4.69) is 18.6 Å². The van der Waals surface area contributed by atoms with Gasteiger partial charge in [-0.1, -0.05) is 13.8 Å². The van der Waals surface area contributed by atoms with Crippen LogP contribution in [0.25, 0.3) is 0 Å². The van der Waals surface area contributed by atoms with Crippen LogP contribution in [0.5, 0.6) is 0 Å². The quantitative estimate of drug-likeness (QED) is 0.723. The first kappa shape index (κ1) is 10.9. The van der Waals surface area contributed by atoms with E-state index in [1.807, 2.05) is 0 Å². The molecule has 13 heavy (non-hydrogen) atoms. The second-order valence-corrected chi connectivity index (χ2v) is 5.73. The van der Waals surface area contributed by atoms with Crippen LogP contribution in [0, 0.1) is 5.92 Å². The molecule has 0 spiro atoms. The van der Waals surface area contributed by atoms with Crippen molar-refractivity contribution in [1.29, 1.82) is 0 Å². The lowest BCUT2D eigenvalue weighted by atomic mass is 10.2. The summed E-state index contributed by atoms with van der Waals surface area (Å²) in [5, 5.41) is 0. The molecule has 4 nitrogen and oxygen atoms in total. The van der Waals surface area contributed by atoms with E-state index in [0.717, 1.165) is 0 Å². The van der Waals surface area contributed by atoms with Crippen molar-refractivity contribution >= 4 is 10.0 Å². The predicted molar refractivity (Wildman–Crippen MR) is 51.0 cm³/mol. The molecule has 78 valence electrons. The van der Waals surface area contributed by atoms with Crippen LogP contribution in [0.2, 0.25) is 0 Å². The second-order valence-electron chi connectivity index (χ2n) is 3.85. The molecular formula is C8H17NO3S. The molecular weight excluding hydrogens is 190 g/mol. The van der Waals surface area contributed by atoms with E-state index < -0.39 is 10.0 Å². The maximum Gasteiger partial charge on any atom is 0.211 e. The number of sulfonamides is 1. The minimum atomic E-state index is -2.98. The lowest BCUT2D eigenvalue weighted by Crippen LogP contribution is -2.30. The minimum Gasteiger partial charge on any atom is -0.380 e. The van der Waals surface area contributed by atoms with Gasteiger partial charge in [0.2, 0.25) is 10.0 Å². The SMILES string of the molecule is CC(C)COCC1CCS(=O)(=O)N1. The van der Waals surface area contributed by atoms with Gasteiger partial charge in [-0.2, -0.15) is 0 Å². The largest absolute Gasteiger partial charge is 0.380 e. The summed E-state index contributed by atoms with van der Waals surface area (Å²) in [5.74, 6) is 0.737. The molecule has 1 atom stereocenters. The van der Waals surface area contributed by atoms with Gasteiger partial charge in [0.25, 0.3) is 0 Å². The van der Waals surface area contributed by atoms with E-state index in [1.165, 1.54) is 0 Å². The van der Waals surface area contributed by atoms with Crippen LogP contribution in [-0.2, 0) is 14.8 Å². The number of ether oxygens (including phenoxy) is 1. The summed E-state index contributed by atoms with van der Waals surface area (Å²) in [4.78, 5) is 0. The fourth-order valence-corrected chi connectivity index (χ4v) is 2.64. The van der Waals surface area contributed by atoms with Gasteiger partial charge in [-0.3, -0.25) is 0 Å². The first-order valence-corrected chi connectivity index (χ1v) is 6.22. The summed E-state index contributed by atoms with van der Waals surface area (Å²) in [6.45, 7) is 5.33. The maximum absolute atomic E-state index is 11.0. The van der Waals surface area contributed by atoms with Gasteiger partial charge in [0.05, 0.1) is 12.4 Å². The Hall–Kier alpha value is -0.130. The standard InChI is InChI=1S/C8H17NO3S/c1-7(2)5-12-6-8-3-4-13(10,11)9-8/h7-9H,3-6H2,1-2H3. The Bertz CT molecular complexity index is 248. The lowest BCUT2D eigenvalue weighted by molar-refractivity contribution is 0.0962. The Morgan fingerprint density at radius 2 is 2.23 bits per heavy atom. The molecule has 1 aliphatic heterocycles. The second kappa shape index (κ2) is 4.39. The fourth-order valence-electron chi connectivity index (χ4n) is 1.23. The van der Waals surface area contributed by atoms with Crippen molar-refractivity contribution in [3.8, 4) is 0 Å². The van der Waals surface area contributed by atoms with Crippen molar-refractivity contribution in [1.82, 2.24) is 4.72 Å². The van der Waals surface area contributed by atoms with Crippen molar-refractivity contribution < 1.29 is 13.2 Å². The van der Waals surface area contributed by atoms with Gasteiger partial charge in [-0.25, -0.2) is 13.1 Å². The van der Waals surface area contributed by atoms with Crippen LogP contribution < -0.4 is 4.72 Å². The van der Waals surface area contributed by atoms with Crippen LogP contribution in [0.1, 0.15) is 20.3 Å². The zero-order valence-electron chi connectivity index (χ0n) is 8.12. The Morgan fingerprint density at radius 1 is 1.54 bits per heavy atom. The third-order valence-electron chi connectivity index (χ3n) is 1.85. The van der Waals surface area contributed by atoms with Crippen LogP contribution in [0.3, 0.4) is 0 Å². The Morgan fingerprint density at radius 3 is 2.69 bits per heavy atom. The zero-order valence-corrected chi connectivity index (χ0v) is 8.93. The summed E-state index contributed by atoms with van der Waals surface area (Å²) in [7, 11) is -2.98. The average Bonchev–Trinajstić information content (AvgIpc) is 2.29. The number of nitrogens with one attached hydrogen (secondary N) is 1. The third-order valence-corrected chi connectivity index (χ3v) is 3.32. The van der Waals surface area contributed by atoms with E-state index in [1.54, 1.807) is 0 Å². The predicted octanol–water partition coefficient (Wildman–Crippen LogP) is 0.351. The molecule has 5 heteroatoms. The number of hydrogen-bond donors (Lipinski definition) is 1. The normalized spacial score (nSPS) is 26.8. The molecule has 1 rings (SSSR count). The van der Waals surface area contributed by atoms with Crippen molar-refractivity contribution in [3.05, 3.63) is 0 Å². The lowest BCUT2D eigenvalue weighted by Gasteiger charge is -2.10. The molecule has 1 fully saturated rings. The molecule has 0 saturated carbocycles. The number of rotatable bonds is 4. The smallest absolute Gasteiger partial charge is 0.211 e. The molecule has 0 aromatic rings. The van der Waals surface area contributed by atoms with Crippen LogP contribution >= 0.6 is 0 Å². The Balaban J connectivity index is 2.18. The highest BCUT2D eigenvalue weighted by atomic mass is 32.2. The molecule has 0 aliphatic carbocycles. The average molecular weight is 207 g/mol. The van der Waals surface area contributed by atoms with E-state index in [4.69, 9.17) is 4.74 Å². The van der Waals surface area contributed by atoms with Gasteiger partial charge in [-0.15, -0.1) is 0 Å². The molecule has 0 radical (unpaired) electrons. The Labute approximate surface area is 79.7 Å². The first-order valence-electron chi connectivity index (χ1n) is 4.57. The summed E-state index contributed by atoms with van der Waals surface area (Å²) in [5.41, 5.74) is 0. The molecule has 1 saturated heterocycles. The third kappa shape index (κ3) is 4.06. The van der Waals surface area contributed by atoms with Crippen LogP contribution in [0.4, 0.5) is 0 Å². The van der Waals surface area contributed by atoms with E-state index in [0.29, 0.717) is 25.6 Å². The van der Waals surface area contributed by atoms with E-state index in [9.17, 15) is 8.42 Å². The van der Waals surface area contributed by atoms with Gasteiger partial charge >= 0.3 is 0 Å². The maximum atomic E-state index is 11.0. The molecule has 0 amide bonds. The van der Waals surface area contributed by atoms with Gasteiger partial charge in [-0.05, 0) is 12.3 Å². The molecule has 0 aromatic carbocycles. The van der Waals surface area contributed by atoms with Crippen molar-refractivity contribution in [2.24, 2.45) is 5.92 Å². The number of hydrogen-bond acceptors (Lipinski definition) is 3. The monoisotopic (exact) mass is 207 g/mol. The van der Waals surface area contributed by atoms with Crippen LogP contribution in [0.15, 0.2) is 0 Å². The minimum absolute atomic E-state index is 0.0104. The molecule has 0 bridgehead atoms. The van der Waals surface area contributed by atoms with Gasteiger partial charge in [0.15, 0.2) is 0 Å². The van der Waals surface area contributed by atoms with E-state index >= 15 is 0 Å². The molecule has 0 aromatic heterocycles. The van der Waals surface area contributed by atoms with Crippen molar-refractivity contribution in [2.45, 2.75) is 26.3 Å². The summed E-state index contributed by atoms with van der Waals surface area (Å²) in [6, 6.07) is -0.0104. The highest BCUT2D eigenvalue weighted by Gasteiger charge is 2.26. The topological polar surface area (TPSA) is 55.4 Å². The fraction of sp³-hybridized carbons (Fsp3) is 1.00. The zero-order chi connectivity index (χ0) is 9.90. The summed E-state index contributed by atoms with van der Waals surface area (Å²) >= 11 is 0. The highest BCUT2D eigenvalue weighted by Crippen LogP contribution is 2.08. The first-order chi connectivity index (χ1) is 5.99. The Kier molecular flexibility index (Phi) is 3.70. The highest BCUT2D eigenvalue weighted by molar-refractivity contribution is 7.89. The van der Waals surface area contributed by atoms with Gasteiger partial charge in [0, 0.05) is 12.6 Å². The summed E-state index contributed by atoms with van der Waals surface area (Å²) < 4.78 is 29.8. The van der Waals surface area contributed by atoms with Crippen molar-refractivity contribution in [2.75, 3.05) is 19.0 Å². The molecule has 1 heterocycles. The van der Waals surface area contributed by atoms with Crippen molar-refractivity contribution in [3.63, 3.8) is 0 Å². The molecule has 1 aliphatic rings. The van der Waals surface area contributed by atoms with Crippen LogP contribution in [-0.4, -0.2) is 33.4 Å². The van der Waals surface area contributed by atoms with Gasteiger partial charge in [0.1, 0.15) is 0 Å². The van der Waals surface area contributed by atoms with Gasteiger partial charge < -0.3 is 4.74 Å². The molecule has 1 N–H and O–H groups in total. The van der Waals surface area contributed by atoms with E-state index in [-0.39, 0.29) is 11.8 Å².